The molecule has 0 unspecified atom stereocenters. The number of halogens is 1. The predicted octanol–water partition coefficient (Wildman–Crippen LogP) is 2.80. The summed E-state index contributed by atoms with van der Waals surface area (Å²) >= 11 is 0. The summed E-state index contributed by atoms with van der Waals surface area (Å²) in [5.41, 5.74) is 0.446. The third kappa shape index (κ3) is 4.15. The Balaban J connectivity index is 2.14. The number of hydrogen-bond donors (Lipinski definition) is 1. The zero-order chi connectivity index (χ0) is 15.4. The molecule has 1 N–H and O–H groups in total. The summed E-state index contributed by atoms with van der Waals surface area (Å²) in [5, 5.41) is 8.54. The maximum atomic E-state index is 14.0. The van der Waals surface area contributed by atoms with Crippen molar-refractivity contribution in [3.05, 3.63) is 41.2 Å². The van der Waals surface area contributed by atoms with Gasteiger partial charge in [0.25, 0.3) is 5.91 Å². The van der Waals surface area contributed by atoms with Crippen LogP contribution in [0.25, 0.3) is 6.08 Å². The molecule has 1 amide bonds. The van der Waals surface area contributed by atoms with Gasteiger partial charge in [-0.2, -0.15) is 0 Å². The highest BCUT2D eigenvalue weighted by atomic mass is 19.1. The Bertz CT molecular complexity index is 579. The van der Waals surface area contributed by atoms with Crippen molar-refractivity contribution in [2.45, 2.75) is 19.8 Å². The summed E-state index contributed by atoms with van der Waals surface area (Å²) in [7, 11) is 0. The summed E-state index contributed by atoms with van der Waals surface area (Å²) in [6, 6.07) is 4.13. The lowest BCUT2D eigenvalue weighted by atomic mass is 10.1. The molecule has 4 nitrogen and oxygen atoms in total. The summed E-state index contributed by atoms with van der Waals surface area (Å²) < 4.78 is 14.0. The zero-order valence-electron chi connectivity index (χ0n) is 11.9. The summed E-state index contributed by atoms with van der Waals surface area (Å²) in [6.45, 7) is 3.10. The van der Waals surface area contributed by atoms with E-state index in [9.17, 15) is 14.0 Å². The SMILES string of the molecule is CCN(CC1CC1)C(=O)c1ccc(C=CC(=O)O)cc1F. The number of carboxylic acid groups (broad SMARTS) is 1. The first-order valence-corrected chi connectivity index (χ1v) is 7.01. The van der Waals surface area contributed by atoms with E-state index in [-0.39, 0.29) is 11.5 Å². The lowest BCUT2D eigenvalue weighted by Gasteiger charge is -2.21. The molecule has 0 heterocycles. The fourth-order valence-electron chi connectivity index (χ4n) is 2.11. The van der Waals surface area contributed by atoms with Crippen LogP contribution in [-0.4, -0.2) is 35.0 Å². The van der Waals surface area contributed by atoms with Crippen molar-refractivity contribution in [1.82, 2.24) is 4.90 Å². The van der Waals surface area contributed by atoms with Gasteiger partial charge in [0.15, 0.2) is 0 Å². The third-order valence-electron chi connectivity index (χ3n) is 3.49. The van der Waals surface area contributed by atoms with Crippen molar-refractivity contribution in [3.8, 4) is 0 Å². The summed E-state index contributed by atoms with van der Waals surface area (Å²) in [6.07, 6.45) is 4.49. The van der Waals surface area contributed by atoms with E-state index < -0.39 is 11.8 Å². The molecule has 0 bridgehead atoms. The van der Waals surface area contributed by atoms with Crippen LogP contribution in [-0.2, 0) is 4.79 Å². The lowest BCUT2D eigenvalue weighted by Crippen LogP contribution is -2.33. The Hall–Kier alpha value is -2.17. The van der Waals surface area contributed by atoms with Crippen LogP contribution in [0, 0.1) is 11.7 Å². The van der Waals surface area contributed by atoms with Gasteiger partial charge in [0, 0.05) is 19.2 Å². The fourth-order valence-corrected chi connectivity index (χ4v) is 2.11. The van der Waals surface area contributed by atoms with Crippen molar-refractivity contribution >= 4 is 18.0 Å². The number of rotatable bonds is 6. The Morgan fingerprint density at radius 2 is 2.14 bits per heavy atom. The average molecular weight is 291 g/mol. The van der Waals surface area contributed by atoms with Crippen LogP contribution in [0.15, 0.2) is 24.3 Å². The van der Waals surface area contributed by atoms with Gasteiger partial charge in [-0.1, -0.05) is 6.07 Å². The van der Waals surface area contributed by atoms with Crippen LogP contribution in [0.3, 0.4) is 0 Å². The highest BCUT2D eigenvalue weighted by molar-refractivity contribution is 5.95. The highest BCUT2D eigenvalue weighted by Crippen LogP contribution is 2.30. The summed E-state index contributed by atoms with van der Waals surface area (Å²) in [5.74, 6) is -1.48. The van der Waals surface area contributed by atoms with Gasteiger partial charge in [0.1, 0.15) is 5.82 Å². The Labute approximate surface area is 122 Å². The smallest absolute Gasteiger partial charge is 0.328 e. The molecule has 1 aliphatic rings. The lowest BCUT2D eigenvalue weighted by molar-refractivity contribution is -0.131. The molecular weight excluding hydrogens is 273 g/mol. The van der Waals surface area contributed by atoms with Crippen LogP contribution in [0.2, 0.25) is 0 Å². The summed E-state index contributed by atoms with van der Waals surface area (Å²) in [4.78, 5) is 24.4. The molecule has 1 aliphatic carbocycles. The molecule has 0 saturated heterocycles. The molecule has 2 rings (SSSR count). The second-order valence-corrected chi connectivity index (χ2v) is 5.20. The molecule has 0 aromatic heterocycles. The van der Waals surface area contributed by atoms with Crippen LogP contribution in [0.5, 0.6) is 0 Å². The fraction of sp³-hybridized carbons (Fsp3) is 0.375. The monoisotopic (exact) mass is 291 g/mol. The number of carbonyl (C=O) groups is 2. The quantitative estimate of drug-likeness (QED) is 0.820. The number of hydrogen-bond acceptors (Lipinski definition) is 2. The normalized spacial score (nSPS) is 14.4. The van der Waals surface area contributed by atoms with Gasteiger partial charge < -0.3 is 10.0 Å². The molecule has 0 aliphatic heterocycles. The van der Waals surface area contributed by atoms with E-state index >= 15 is 0 Å². The van der Waals surface area contributed by atoms with Gasteiger partial charge in [-0.3, -0.25) is 4.79 Å². The number of carbonyl (C=O) groups excluding carboxylic acids is 1. The first-order chi connectivity index (χ1) is 10.0. The minimum atomic E-state index is -1.10. The van der Waals surface area contributed by atoms with E-state index in [4.69, 9.17) is 5.11 Å². The molecule has 0 spiro atoms. The van der Waals surface area contributed by atoms with Gasteiger partial charge in [0.2, 0.25) is 0 Å². The Morgan fingerprint density at radius 3 is 2.67 bits per heavy atom. The Kier molecular flexibility index (Phi) is 4.73. The third-order valence-corrected chi connectivity index (χ3v) is 3.49. The van der Waals surface area contributed by atoms with Gasteiger partial charge in [-0.05, 0) is 49.5 Å². The van der Waals surface area contributed by atoms with Crippen LogP contribution in [0.1, 0.15) is 35.7 Å². The second kappa shape index (κ2) is 6.52. The molecule has 5 heteroatoms. The Morgan fingerprint density at radius 1 is 1.43 bits per heavy atom. The number of amides is 1. The van der Waals surface area contributed by atoms with Crippen molar-refractivity contribution in [3.63, 3.8) is 0 Å². The molecule has 1 fully saturated rings. The molecule has 1 saturated carbocycles. The van der Waals surface area contributed by atoms with E-state index in [2.05, 4.69) is 0 Å². The van der Waals surface area contributed by atoms with Crippen molar-refractivity contribution in [2.24, 2.45) is 5.92 Å². The van der Waals surface area contributed by atoms with Crippen LogP contribution < -0.4 is 0 Å². The second-order valence-electron chi connectivity index (χ2n) is 5.20. The molecule has 21 heavy (non-hydrogen) atoms. The minimum absolute atomic E-state index is 0.0324. The van der Waals surface area contributed by atoms with E-state index in [0.717, 1.165) is 18.9 Å². The first-order valence-electron chi connectivity index (χ1n) is 7.01. The van der Waals surface area contributed by atoms with Crippen LogP contribution in [0.4, 0.5) is 4.39 Å². The molecule has 0 radical (unpaired) electrons. The zero-order valence-corrected chi connectivity index (χ0v) is 11.9. The molecule has 1 aromatic rings. The van der Waals surface area contributed by atoms with Gasteiger partial charge in [-0.25, -0.2) is 9.18 Å². The van der Waals surface area contributed by atoms with Gasteiger partial charge >= 0.3 is 5.97 Å². The maximum Gasteiger partial charge on any atom is 0.328 e. The van der Waals surface area contributed by atoms with E-state index in [1.54, 1.807) is 11.0 Å². The highest BCUT2D eigenvalue weighted by Gasteiger charge is 2.27. The van der Waals surface area contributed by atoms with Crippen LogP contribution >= 0.6 is 0 Å². The maximum absolute atomic E-state index is 14.0. The number of benzene rings is 1. The molecule has 0 atom stereocenters. The number of aliphatic carboxylic acids is 1. The number of nitrogens with zero attached hydrogens (tertiary/aromatic N) is 1. The largest absolute Gasteiger partial charge is 0.478 e. The first kappa shape index (κ1) is 15.2. The van der Waals surface area contributed by atoms with Crippen molar-refractivity contribution in [2.75, 3.05) is 13.1 Å². The predicted molar refractivity (Wildman–Crippen MR) is 77.4 cm³/mol. The average Bonchev–Trinajstić information content (AvgIpc) is 3.26. The molecular formula is C16H18FNO3. The van der Waals surface area contributed by atoms with E-state index in [0.29, 0.717) is 24.6 Å². The van der Waals surface area contributed by atoms with E-state index in [1.807, 2.05) is 6.92 Å². The van der Waals surface area contributed by atoms with Crippen molar-refractivity contribution in [1.29, 1.82) is 0 Å². The van der Waals surface area contributed by atoms with Gasteiger partial charge in [-0.15, -0.1) is 0 Å². The number of carboxylic acids is 1. The topological polar surface area (TPSA) is 57.6 Å². The standard InChI is InChI=1S/C16H18FNO3/c1-2-18(10-12-3-4-12)16(21)13-7-5-11(9-14(13)17)6-8-15(19)20/h5-9,12H,2-4,10H2,1H3,(H,19,20). The van der Waals surface area contributed by atoms with E-state index in [1.165, 1.54) is 18.2 Å². The van der Waals surface area contributed by atoms with Crippen molar-refractivity contribution < 1.29 is 19.1 Å². The van der Waals surface area contributed by atoms with Gasteiger partial charge in [0.05, 0.1) is 5.56 Å². The molecule has 112 valence electrons. The molecule has 1 aromatic carbocycles. The minimum Gasteiger partial charge on any atom is -0.478 e.